The van der Waals surface area contributed by atoms with Crippen LogP contribution in [-0.2, 0) is 14.2 Å². The van der Waals surface area contributed by atoms with Crippen molar-refractivity contribution in [2.75, 3.05) is 13.2 Å². The summed E-state index contributed by atoms with van der Waals surface area (Å²) in [5, 5.41) is 18.7. The maximum Gasteiger partial charge on any atom is 0.164 e. The Hall–Kier alpha value is -0.200. The van der Waals surface area contributed by atoms with Gasteiger partial charge in [-0.05, 0) is 20.8 Å². The first-order valence-electron chi connectivity index (χ1n) is 5.19. The van der Waals surface area contributed by atoms with Crippen molar-refractivity contribution in [3.05, 3.63) is 0 Å². The molecule has 5 nitrogen and oxygen atoms in total. The highest BCUT2D eigenvalue weighted by Crippen LogP contribution is 2.43. The molecule has 0 aliphatic carbocycles. The molecule has 2 unspecified atom stereocenters. The second kappa shape index (κ2) is 3.40. The first-order valence-corrected chi connectivity index (χ1v) is 5.19. The van der Waals surface area contributed by atoms with Crippen LogP contribution >= 0.6 is 0 Å². The van der Waals surface area contributed by atoms with Crippen LogP contribution in [0.4, 0.5) is 0 Å². The fourth-order valence-corrected chi connectivity index (χ4v) is 2.35. The lowest BCUT2D eigenvalue weighted by Crippen LogP contribution is -2.49. The predicted octanol–water partition coefficient (Wildman–Crippen LogP) is -0.351. The second-order valence-corrected chi connectivity index (χ2v) is 4.72. The van der Waals surface area contributed by atoms with Crippen LogP contribution in [0.25, 0.3) is 0 Å². The Balaban J connectivity index is 2.25. The molecule has 0 aromatic heterocycles. The number of aliphatic hydroxyl groups excluding tert-OH is 2. The van der Waals surface area contributed by atoms with Crippen LogP contribution in [-0.4, -0.2) is 53.1 Å². The van der Waals surface area contributed by atoms with E-state index < -0.39 is 17.5 Å². The highest BCUT2D eigenvalue weighted by Gasteiger charge is 2.61. The summed E-state index contributed by atoms with van der Waals surface area (Å²) in [4.78, 5) is 0. The van der Waals surface area contributed by atoms with Crippen molar-refractivity contribution in [1.29, 1.82) is 0 Å². The molecular formula is C10H18O5. The smallest absolute Gasteiger partial charge is 0.164 e. The SMILES string of the molecule is C[C@@H]1OC(CO)(CO)C2OC(C)(C)OC21. The van der Waals surface area contributed by atoms with E-state index in [0.29, 0.717) is 0 Å². The molecule has 2 heterocycles. The van der Waals surface area contributed by atoms with E-state index in [4.69, 9.17) is 14.2 Å². The number of hydrogen-bond acceptors (Lipinski definition) is 5. The lowest BCUT2D eigenvalue weighted by atomic mass is 9.96. The summed E-state index contributed by atoms with van der Waals surface area (Å²) in [7, 11) is 0. The molecule has 0 bridgehead atoms. The van der Waals surface area contributed by atoms with E-state index in [9.17, 15) is 10.2 Å². The minimum absolute atomic E-state index is 0.184. The molecule has 2 aliphatic heterocycles. The van der Waals surface area contributed by atoms with Crippen LogP contribution in [0.2, 0.25) is 0 Å². The number of aliphatic hydroxyl groups is 2. The zero-order chi connectivity index (χ0) is 11.3. The lowest BCUT2D eigenvalue weighted by molar-refractivity contribution is -0.220. The van der Waals surface area contributed by atoms with Gasteiger partial charge >= 0.3 is 0 Å². The van der Waals surface area contributed by atoms with Crippen LogP contribution in [0.15, 0.2) is 0 Å². The van der Waals surface area contributed by atoms with Gasteiger partial charge in [-0.2, -0.15) is 0 Å². The van der Waals surface area contributed by atoms with Gasteiger partial charge < -0.3 is 24.4 Å². The van der Waals surface area contributed by atoms with E-state index in [-0.39, 0.29) is 25.4 Å². The van der Waals surface area contributed by atoms with Gasteiger partial charge in [-0.15, -0.1) is 0 Å². The molecule has 0 saturated carbocycles. The predicted molar refractivity (Wildman–Crippen MR) is 51.3 cm³/mol. The fraction of sp³-hybridized carbons (Fsp3) is 1.00. The molecule has 2 rings (SSSR count). The lowest BCUT2D eigenvalue weighted by Gasteiger charge is -2.31. The van der Waals surface area contributed by atoms with Crippen molar-refractivity contribution < 1.29 is 24.4 Å². The van der Waals surface area contributed by atoms with Crippen molar-refractivity contribution in [2.45, 2.75) is 50.5 Å². The van der Waals surface area contributed by atoms with Crippen LogP contribution < -0.4 is 0 Å². The van der Waals surface area contributed by atoms with Gasteiger partial charge in [0.05, 0.1) is 19.3 Å². The molecule has 2 saturated heterocycles. The molecule has 0 spiro atoms. The van der Waals surface area contributed by atoms with Crippen LogP contribution in [0, 0.1) is 0 Å². The summed E-state index contributed by atoms with van der Waals surface area (Å²) in [5.74, 6) is -0.678. The van der Waals surface area contributed by atoms with Gasteiger partial charge in [0.25, 0.3) is 0 Å². The molecule has 88 valence electrons. The quantitative estimate of drug-likeness (QED) is 0.663. The standard InChI is InChI=1S/C10H18O5/c1-6-7-8(15-9(2,3)14-7)10(4-11,5-12)13-6/h6-8,11-12H,4-5H2,1-3H3/t6-,7?,8?/m0/s1. The second-order valence-electron chi connectivity index (χ2n) is 4.72. The molecule has 0 aromatic rings. The van der Waals surface area contributed by atoms with E-state index in [1.807, 2.05) is 20.8 Å². The Bertz CT molecular complexity index is 248. The third-order valence-corrected chi connectivity index (χ3v) is 3.07. The number of fused-ring (bicyclic) bond motifs is 1. The van der Waals surface area contributed by atoms with Crippen molar-refractivity contribution in [3.63, 3.8) is 0 Å². The molecule has 3 atom stereocenters. The highest BCUT2D eigenvalue weighted by atomic mass is 16.8. The molecule has 0 amide bonds. The van der Waals surface area contributed by atoms with Crippen LogP contribution in [0.5, 0.6) is 0 Å². The van der Waals surface area contributed by atoms with Gasteiger partial charge in [0.15, 0.2) is 5.79 Å². The van der Waals surface area contributed by atoms with E-state index in [0.717, 1.165) is 0 Å². The minimum atomic E-state index is -1.03. The first-order chi connectivity index (χ1) is 6.94. The molecular weight excluding hydrogens is 200 g/mol. The summed E-state index contributed by atoms with van der Waals surface area (Å²) in [6.07, 6.45) is -0.812. The topological polar surface area (TPSA) is 68.2 Å². The van der Waals surface area contributed by atoms with Crippen molar-refractivity contribution in [1.82, 2.24) is 0 Å². The van der Waals surface area contributed by atoms with E-state index in [1.165, 1.54) is 0 Å². The average Bonchev–Trinajstić information content (AvgIpc) is 2.61. The van der Waals surface area contributed by atoms with E-state index >= 15 is 0 Å². The molecule has 2 aliphatic rings. The summed E-state index contributed by atoms with van der Waals surface area (Å²) < 4.78 is 16.9. The zero-order valence-corrected chi connectivity index (χ0v) is 9.27. The number of rotatable bonds is 2. The maximum atomic E-state index is 9.33. The Kier molecular flexibility index (Phi) is 2.56. The fourth-order valence-electron chi connectivity index (χ4n) is 2.35. The Morgan fingerprint density at radius 1 is 1.07 bits per heavy atom. The maximum absolute atomic E-state index is 9.33. The Morgan fingerprint density at radius 2 is 1.67 bits per heavy atom. The molecule has 0 radical (unpaired) electrons. The third-order valence-electron chi connectivity index (χ3n) is 3.07. The average molecular weight is 218 g/mol. The minimum Gasteiger partial charge on any atom is -0.393 e. The summed E-state index contributed by atoms with van der Waals surface area (Å²) in [6.45, 7) is 4.95. The largest absolute Gasteiger partial charge is 0.393 e. The number of ether oxygens (including phenoxy) is 3. The van der Waals surface area contributed by atoms with Crippen molar-refractivity contribution in [2.24, 2.45) is 0 Å². The van der Waals surface area contributed by atoms with Gasteiger partial charge in [-0.25, -0.2) is 0 Å². The molecule has 0 aromatic carbocycles. The Morgan fingerprint density at radius 3 is 2.20 bits per heavy atom. The van der Waals surface area contributed by atoms with Gasteiger partial charge in [0.2, 0.25) is 0 Å². The van der Waals surface area contributed by atoms with Crippen molar-refractivity contribution >= 4 is 0 Å². The summed E-state index contributed by atoms with van der Waals surface area (Å²) >= 11 is 0. The summed E-state index contributed by atoms with van der Waals surface area (Å²) in [6, 6.07) is 0. The normalized spacial score (nSPS) is 41.8. The summed E-state index contributed by atoms with van der Waals surface area (Å²) in [5.41, 5.74) is -1.03. The molecule has 2 fully saturated rings. The first kappa shape index (κ1) is 11.3. The Labute approximate surface area is 88.9 Å². The monoisotopic (exact) mass is 218 g/mol. The highest BCUT2D eigenvalue weighted by molar-refractivity contribution is 5.05. The van der Waals surface area contributed by atoms with E-state index in [2.05, 4.69) is 0 Å². The molecule has 5 heteroatoms. The van der Waals surface area contributed by atoms with Crippen LogP contribution in [0.1, 0.15) is 20.8 Å². The van der Waals surface area contributed by atoms with Gasteiger partial charge in [0, 0.05) is 0 Å². The van der Waals surface area contributed by atoms with Crippen molar-refractivity contribution in [3.8, 4) is 0 Å². The van der Waals surface area contributed by atoms with Gasteiger partial charge in [-0.3, -0.25) is 0 Å². The van der Waals surface area contributed by atoms with E-state index in [1.54, 1.807) is 0 Å². The molecule has 15 heavy (non-hydrogen) atoms. The number of hydrogen-bond donors (Lipinski definition) is 2. The van der Waals surface area contributed by atoms with Gasteiger partial charge in [-0.1, -0.05) is 0 Å². The molecule has 2 N–H and O–H groups in total. The van der Waals surface area contributed by atoms with Gasteiger partial charge in [0.1, 0.15) is 17.8 Å². The third kappa shape index (κ3) is 1.59. The zero-order valence-electron chi connectivity index (χ0n) is 9.27. The van der Waals surface area contributed by atoms with Crippen LogP contribution in [0.3, 0.4) is 0 Å².